The number of para-hydroxylation sites is 1. The Morgan fingerprint density at radius 1 is 1.58 bits per heavy atom. The van der Waals surface area contributed by atoms with E-state index in [0.717, 1.165) is 5.70 Å². The molecular weight excluding hydrogens is 155 g/mol. The van der Waals surface area contributed by atoms with Crippen molar-refractivity contribution >= 4 is 11.4 Å². The lowest BCUT2D eigenvalue weighted by Gasteiger charge is -2.08. The van der Waals surface area contributed by atoms with Gasteiger partial charge in [0.05, 0.1) is 11.4 Å². The Kier molecular flexibility index (Phi) is 2.33. The molecule has 0 atom stereocenters. The van der Waals surface area contributed by atoms with Crippen molar-refractivity contribution in [3.8, 4) is 0 Å². The molecule has 0 radical (unpaired) electrons. The molecule has 1 aromatic rings. The number of nitrogens with two attached hydrogens (primary N) is 1. The van der Waals surface area contributed by atoms with Crippen LogP contribution in [0.4, 0.5) is 15.8 Å². The first-order chi connectivity index (χ1) is 5.61. The fourth-order valence-electron chi connectivity index (χ4n) is 0.876. The van der Waals surface area contributed by atoms with E-state index in [-0.39, 0.29) is 5.69 Å². The van der Waals surface area contributed by atoms with Crippen LogP contribution in [-0.2, 0) is 0 Å². The predicted octanol–water partition coefficient (Wildman–Crippen LogP) is 2.35. The number of hydrogen-bond acceptors (Lipinski definition) is 2. The molecule has 0 aliphatic heterocycles. The van der Waals surface area contributed by atoms with Crippen LogP contribution in [0.5, 0.6) is 0 Å². The highest BCUT2D eigenvalue weighted by Gasteiger charge is 2.02. The molecule has 0 aromatic heterocycles. The maximum absolute atomic E-state index is 12.8. The Balaban J connectivity index is 3.00. The van der Waals surface area contributed by atoms with E-state index in [4.69, 9.17) is 5.73 Å². The summed E-state index contributed by atoms with van der Waals surface area (Å²) in [6, 6.07) is 4.61. The average Bonchev–Trinajstić information content (AvgIpc) is 1.98. The Hall–Kier alpha value is -1.51. The highest BCUT2D eigenvalue weighted by molar-refractivity contribution is 5.68. The largest absolute Gasteiger partial charge is 0.395 e. The molecule has 1 aromatic carbocycles. The first-order valence-electron chi connectivity index (χ1n) is 3.58. The molecule has 0 unspecified atom stereocenters. The minimum absolute atomic E-state index is 0.125. The van der Waals surface area contributed by atoms with Crippen molar-refractivity contribution in [3.63, 3.8) is 0 Å². The highest BCUT2D eigenvalue weighted by atomic mass is 19.1. The van der Waals surface area contributed by atoms with Gasteiger partial charge in [0.15, 0.2) is 0 Å². The van der Waals surface area contributed by atoms with Gasteiger partial charge < -0.3 is 11.1 Å². The van der Waals surface area contributed by atoms with Crippen LogP contribution in [0, 0.1) is 5.82 Å². The number of hydrogen-bond donors (Lipinski definition) is 2. The van der Waals surface area contributed by atoms with Crippen molar-refractivity contribution in [1.82, 2.24) is 0 Å². The maximum Gasteiger partial charge on any atom is 0.148 e. The van der Waals surface area contributed by atoms with Crippen molar-refractivity contribution in [2.75, 3.05) is 11.1 Å². The summed E-state index contributed by atoms with van der Waals surface area (Å²) >= 11 is 0. The summed E-state index contributed by atoms with van der Waals surface area (Å²) in [6.07, 6.45) is 0. The average molecular weight is 166 g/mol. The lowest BCUT2D eigenvalue weighted by molar-refractivity contribution is 0.633. The summed E-state index contributed by atoms with van der Waals surface area (Å²) in [4.78, 5) is 0. The smallest absolute Gasteiger partial charge is 0.148 e. The summed E-state index contributed by atoms with van der Waals surface area (Å²) in [6.45, 7) is 5.41. The number of halogens is 1. The van der Waals surface area contributed by atoms with Gasteiger partial charge >= 0.3 is 0 Å². The quantitative estimate of drug-likeness (QED) is 0.662. The van der Waals surface area contributed by atoms with E-state index in [0.29, 0.717) is 5.69 Å². The monoisotopic (exact) mass is 166 g/mol. The molecule has 0 spiro atoms. The van der Waals surface area contributed by atoms with Gasteiger partial charge in [-0.05, 0) is 19.1 Å². The van der Waals surface area contributed by atoms with Gasteiger partial charge in [0, 0.05) is 5.70 Å². The van der Waals surface area contributed by atoms with Gasteiger partial charge in [-0.25, -0.2) is 4.39 Å². The predicted molar refractivity (Wildman–Crippen MR) is 49.2 cm³/mol. The second kappa shape index (κ2) is 3.26. The molecule has 0 saturated carbocycles. The second-order valence-electron chi connectivity index (χ2n) is 2.61. The molecule has 0 bridgehead atoms. The normalized spacial score (nSPS) is 9.50. The minimum Gasteiger partial charge on any atom is -0.395 e. The zero-order valence-corrected chi connectivity index (χ0v) is 6.89. The van der Waals surface area contributed by atoms with E-state index in [1.807, 2.05) is 0 Å². The third-order valence-electron chi connectivity index (χ3n) is 1.40. The number of rotatable bonds is 2. The van der Waals surface area contributed by atoms with Crippen LogP contribution in [0.1, 0.15) is 6.92 Å². The van der Waals surface area contributed by atoms with Gasteiger partial charge in [-0.3, -0.25) is 0 Å². The fraction of sp³-hybridized carbons (Fsp3) is 0.111. The maximum atomic E-state index is 12.8. The molecule has 0 aliphatic carbocycles. The van der Waals surface area contributed by atoms with Gasteiger partial charge in [-0.1, -0.05) is 12.6 Å². The van der Waals surface area contributed by atoms with Gasteiger partial charge in [0.1, 0.15) is 5.82 Å². The zero-order chi connectivity index (χ0) is 9.14. The van der Waals surface area contributed by atoms with Crippen molar-refractivity contribution in [3.05, 3.63) is 36.3 Å². The molecule has 0 aliphatic rings. The first kappa shape index (κ1) is 8.59. The number of allylic oxidation sites excluding steroid dienone is 1. The first-order valence-corrected chi connectivity index (χ1v) is 3.58. The van der Waals surface area contributed by atoms with E-state index in [1.54, 1.807) is 19.1 Å². The molecule has 2 nitrogen and oxygen atoms in total. The lowest BCUT2D eigenvalue weighted by atomic mass is 10.2. The Morgan fingerprint density at radius 3 is 2.83 bits per heavy atom. The number of anilines is 2. The molecule has 1 rings (SSSR count). The van der Waals surface area contributed by atoms with E-state index in [1.165, 1.54) is 6.07 Å². The molecule has 64 valence electrons. The van der Waals surface area contributed by atoms with E-state index >= 15 is 0 Å². The van der Waals surface area contributed by atoms with Crippen molar-refractivity contribution in [2.24, 2.45) is 0 Å². The van der Waals surface area contributed by atoms with Crippen LogP contribution in [0.3, 0.4) is 0 Å². The van der Waals surface area contributed by atoms with E-state index in [9.17, 15) is 4.39 Å². The summed E-state index contributed by atoms with van der Waals surface area (Å²) in [5, 5.41) is 2.85. The summed E-state index contributed by atoms with van der Waals surface area (Å²) < 4.78 is 12.8. The lowest BCUT2D eigenvalue weighted by Crippen LogP contribution is -2.00. The minimum atomic E-state index is -0.416. The SMILES string of the molecule is C=C(C)Nc1cccc(F)c1N. The molecular formula is C9H11FN2. The molecule has 0 amide bonds. The third kappa shape index (κ3) is 1.75. The van der Waals surface area contributed by atoms with Crippen LogP contribution in [-0.4, -0.2) is 0 Å². The van der Waals surface area contributed by atoms with Crippen LogP contribution < -0.4 is 11.1 Å². The number of nitrogens with one attached hydrogen (secondary N) is 1. The van der Waals surface area contributed by atoms with Gasteiger partial charge in [-0.2, -0.15) is 0 Å². The standard InChI is InChI=1S/C9H11FN2/c1-6(2)12-8-5-3-4-7(10)9(8)11/h3-5,12H,1,11H2,2H3. The van der Waals surface area contributed by atoms with Gasteiger partial charge in [-0.15, -0.1) is 0 Å². The van der Waals surface area contributed by atoms with Gasteiger partial charge in [0.25, 0.3) is 0 Å². The molecule has 3 N–H and O–H groups in total. The molecule has 12 heavy (non-hydrogen) atoms. The topological polar surface area (TPSA) is 38.0 Å². The number of benzene rings is 1. The van der Waals surface area contributed by atoms with Gasteiger partial charge in [0.2, 0.25) is 0 Å². The molecule has 3 heteroatoms. The van der Waals surface area contributed by atoms with E-state index < -0.39 is 5.82 Å². The van der Waals surface area contributed by atoms with Crippen molar-refractivity contribution in [2.45, 2.75) is 6.92 Å². The summed E-state index contributed by atoms with van der Waals surface area (Å²) in [5.74, 6) is -0.416. The zero-order valence-electron chi connectivity index (χ0n) is 6.89. The fourth-order valence-corrected chi connectivity index (χ4v) is 0.876. The molecule has 0 saturated heterocycles. The van der Waals surface area contributed by atoms with Crippen LogP contribution >= 0.6 is 0 Å². The van der Waals surface area contributed by atoms with Crippen molar-refractivity contribution in [1.29, 1.82) is 0 Å². The summed E-state index contributed by atoms with van der Waals surface area (Å²) in [7, 11) is 0. The van der Waals surface area contributed by atoms with E-state index in [2.05, 4.69) is 11.9 Å². The van der Waals surface area contributed by atoms with Crippen LogP contribution in [0.25, 0.3) is 0 Å². The van der Waals surface area contributed by atoms with Crippen LogP contribution in [0.2, 0.25) is 0 Å². The third-order valence-corrected chi connectivity index (χ3v) is 1.40. The Labute approximate surface area is 70.9 Å². The Bertz CT molecular complexity index is 307. The number of nitrogen functional groups attached to an aromatic ring is 1. The Morgan fingerprint density at radius 2 is 2.25 bits per heavy atom. The molecule has 0 fully saturated rings. The highest BCUT2D eigenvalue weighted by Crippen LogP contribution is 2.21. The van der Waals surface area contributed by atoms with Crippen LogP contribution in [0.15, 0.2) is 30.5 Å². The molecule has 0 heterocycles. The second-order valence-corrected chi connectivity index (χ2v) is 2.61. The summed E-state index contributed by atoms with van der Waals surface area (Å²) in [5.41, 5.74) is 6.86. The van der Waals surface area contributed by atoms with Crippen molar-refractivity contribution < 1.29 is 4.39 Å².